The van der Waals surface area contributed by atoms with E-state index < -0.39 is 5.91 Å². The van der Waals surface area contributed by atoms with E-state index >= 15 is 0 Å². The molecule has 1 aliphatic rings. The lowest BCUT2D eigenvalue weighted by molar-refractivity contribution is 0.0290. The van der Waals surface area contributed by atoms with Crippen molar-refractivity contribution in [2.24, 2.45) is 0 Å². The third-order valence-corrected chi connectivity index (χ3v) is 5.16. The van der Waals surface area contributed by atoms with Gasteiger partial charge in [0.25, 0.3) is 5.91 Å². The molecular weight excluding hydrogens is 345 g/mol. The fourth-order valence-electron chi connectivity index (χ4n) is 3.84. The lowest BCUT2D eigenvalue weighted by Gasteiger charge is -2.44. The zero-order chi connectivity index (χ0) is 19.4. The Hall–Kier alpha value is -2.28. The van der Waals surface area contributed by atoms with Crippen molar-refractivity contribution in [2.45, 2.75) is 39.0 Å². The van der Waals surface area contributed by atoms with Gasteiger partial charge in [0.1, 0.15) is 5.82 Å². The van der Waals surface area contributed by atoms with Crippen LogP contribution >= 0.6 is 0 Å². The van der Waals surface area contributed by atoms with Gasteiger partial charge in [0.05, 0.1) is 0 Å². The Labute approximate surface area is 159 Å². The lowest BCUT2D eigenvalue weighted by atomic mass is 10.0. The lowest BCUT2D eigenvalue weighted by Crippen LogP contribution is -2.55. The fraction of sp³-hybridized carbons (Fsp3) is 0.381. The van der Waals surface area contributed by atoms with Crippen molar-refractivity contribution >= 4 is 5.91 Å². The minimum atomic E-state index is -0.505. The maximum Gasteiger partial charge on any atom is 0.274 e. The molecule has 2 aromatic rings. The van der Waals surface area contributed by atoms with Crippen LogP contribution in [0.1, 0.15) is 35.3 Å². The molecule has 0 aromatic heterocycles. The second-order valence-corrected chi connectivity index (χ2v) is 7.33. The molecule has 0 saturated carbocycles. The molecule has 0 unspecified atom stereocenters. The molecule has 3 rings (SSSR count). The van der Waals surface area contributed by atoms with Crippen LogP contribution in [0.5, 0.6) is 0 Å². The Morgan fingerprint density at radius 3 is 2.33 bits per heavy atom. The summed E-state index contributed by atoms with van der Waals surface area (Å²) in [4.78, 5) is 16.2. The van der Waals surface area contributed by atoms with E-state index in [4.69, 9.17) is 5.21 Å². The third-order valence-electron chi connectivity index (χ3n) is 5.16. The largest absolute Gasteiger partial charge is 0.296 e. The van der Waals surface area contributed by atoms with Crippen LogP contribution < -0.4 is 5.48 Å². The standard InChI is InChI=1S/C21H26FN3O2/c1-15-11-24(13-17-6-8-19(9-7-17)21(26)23-27)12-16(2)25(15)14-18-4-3-5-20(22)10-18/h3-10,15-16,27H,11-14H2,1-2H3,(H,23,26)/t15-,16+. The number of hydroxylamine groups is 1. The smallest absolute Gasteiger partial charge is 0.274 e. The van der Waals surface area contributed by atoms with Crippen molar-refractivity contribution in [3.05, 3.63) is 71.0 Å². The summed E-state index contributed by atoms with van der Waals surface area (Å²) in [5.41, 5.74) is 4.20. The summed E-state index contributed by atoms with van der Waals surface area (Å²) in [5, 5.41) is 8.69. The highest BCUT2D eigenvalue weighted by molar-refractivity contribution is 5.93. The summed E-state index contributed by atoms with van der Waals surface area (Å²) in [5.74, 6) is -0.695. The van der Waals surface area contributed by atoms with Crippen LogP contribution in [0.4, 0.5) is 4.39 Å². The second-order valence-electron chi connectivity index (χ2n) is 7.33. The fourth-order valence-corrected chi connectivity index (χ4v) is 3.84. The van der Waals surface area contributed by atoms with Crippen molar-refractivity contribution in [1.82, 2.24) is 15.3 Å². The summed E-state index contributed by atoms with van der Waals surface area (Å²) in [6, 6.07) is 14.8. The predicted octanol–water partition coefficient (Wildman–Crippen LogP) is 3.04. The van der Waals surface area contributed by atoms with E-state index in [2.05, 4.69) is 23.6 Å². The number of carbonyl (C=O) groups excluding carboxylic acids is 1. The van der Waals surface area contributed by atoms with Gasteiger partial charge in [-0.15, -0.1) is 0 Å². The summed E-state index contributed by atoms with van der Waals surface area (Å²) in [7, 11) is 0. The summed E-state index contributed by atoms with van der Waals surface area (Å²) < 4.78 is 13.5. The first-order chi connectivity index (χ1) is 13.0. The van der Waals surface area contributed by atoms with E-state index in [1.807, 2.05) is 18.2 Å². The van der Waals surface area contributed by atoms with Gasteiger partial charge >= 0.3 is 0 Å². The second kappa shape index (κ2) is 8.61. The van der Waals surface area contributed by atoms with Gasteiger partial charge in [-0.1, -0.05) is 24.3 Å². The first-order valence-electron chi connectivity index (χ1n) is 9.22. The highest BCUT2D eigenvalue weighted by atomic mass is 19.1. The highest BCUT2D eigenvalue weighted by Crippen LogP contribution is 2.21. The molecule has 144 valence electrons. The molecule has 0 aliphatic carbocycles. The average molecular weight is 371 g/mol. The zero-order valence-corrected chi connectivity index (χ0v) is 15.7. The van der Waals surface area contributed by atoms with Gasteiger partial charge in [-0.3, -0.25) is 19.8 Å². The Morgan fingerprint density at radius 1 is 1.07 bits per heavy atom. The van der Waals surface area contributed by atoms with E-state index in [0.29, 0.717) is 17.6 Å². The SMILES string of the molecule is C[C@@H]1CN(Cc2ccc(C(=O)NO)cc2)C[C@H](C)N1Cc1cccc(F)c1. The van der Waals surface area contributed by atoms with Crippen LogP contribution in [0, 0.1) is 5.82 Å². The molecule has 1 amide bonds. The monoisotopic (exact) mass is 371 g/mol. The molecule has 2 aromatic carbocycles. The van der Waals surface area contributed by atoms with Crippen LogP contribution in [-0.2, 0) is 13.1 Å². The molecule has 0 spiro atoms. The number of rotatable bonds is 5. The molecule has 27 heavy (non-hydrogen) atoms. The van der Waals surface area contributed by atoms with Gasteiger partial charge in [0.15, 0.2) is 0 Å². The highest BCUT2D eigenvalue weighted by Gasteiger charge is 2.29. The zero-order valence-electron chi connectivity index (χ0n) is 15.7. The molecule has 0 radical (unpaired) electrons. The molecule has 2 atom stereocenters. The topological polar surface area (TPSA) is 55.8 Å². The van der Waals surface area contributed by atoms with E-state index in [9.17, 15) is 9.18 Å². The van der Waals surface area contributed by atoms with E-state index in [-0.39, 0.29) is 5.82 Å². The number of nitrogens with one attached hydrogen (secondary N) is 1. The molecule has 1 saturated heterocycles. The summed E-state index contributed by atoms with van der Waals surface area (Å²) in [6.07, 6.45) is 0. The number of benzene rings is 2. The number of hydrogen-bond donors (Lipinski definition) is 2. The number of halogens is 1. The number of amides is 1. The van der Waals surface area contributed by atoms with Crippen molar-refractivity contribution < 1.29 is 14.4 Å². The van der Waals surface area contributed by atoms with Crippen LogP contribution in [0.15, 0.2) is 48.5 Å². The minimum absolute atomic E-state index is 0.190. The van der Waals surface area contributed by atoms with Crippen molar-refractivity contribution in [2.75, 3.05) is 13.1 Å². The molecule has 1 heterocycles. The van der Waals surface area contributed by atoms with Crippen LogP contribution in [-0.4, -0.2) is 46.1 Å². The van der Waals surface area contributed by atoms with E-state index in [1.165, 1.54) is 6.07 Å². The van der Waals surface area contributed by atoms with Gasteiger partial charge < -0.3 is 0 Å². The quantitative estimate of drug-likeness (QED) is 0.627. The summed E-state index contributed by atoms with van der Waals surface area (Å²) >= 11 is 0. The molecule has 0 bridgehead atoms. The van der Waals surface area contributed by atoms with Crippen molar-refractivity contribution in [1.29, 1.82) is 0 Å². The van der Waals surface area contributed by atoms with Crippen molar-refractivity contribution in [3.8, 4) is 0 Å². The van der Waals surface area contributed by atoms with Crippen LogP contribution in [0.2, 0.25) is 0 Å². The van der Waals surface area contributed by atoms with E-state index in [0.717, 1.165) is 37.3 Å². The predicted molar refractivity (Wildman–Crippen MR) is 102 cm³/mol. The van der Waals surface area contributed by atoms with Gasteiger partial charge in [0.2, 0.25) is 0 Å². The minimum Gasteiger partial charge on any atom is -0.296 e. The maximum absolute atomic E-state index is 13.5. The molecule has 6 heteroatoms. The molecule has 2 N–H and O–H groups in total. The Balaban J connectivity index is 1.60. The van der Waals surface area contributed by atoms with Crippen LogP contribution in [0.25, 0.3) is 0 Å². The number of hydrogen-bond acceptors (Lipinski definition) is 4. The van der Waals surface area contributed by atoms with Gasteiger partial charge in [-0.05, 0) is 49.2 Å². The van der Waals surface area contributed by atoms with E-state index in [1.54, 1.807) is 29.7 Å². The van der Waals surface area contributed by atoms with Crippen molar-refractivity contribution in [3.63, 3.8) is 0 Å². The number of piperazine rings is 1. The number of carbonyl (C=O) groups is 1. The Bertz CT molecular complexity index is 769. The third kappa shape index (κ3) is 4.91. The molecule has 1 fully saturated rings. The van der Waals surface area contributed by atoms with Gasteiger partial charge in [-0.2, -0.15) is 0 Å². The maximum atomic E-state index is 13.5. The first kappa shape index (κ1) is 19.5. The number of nitrogens with zero attached hydrogens (tertiary/aromatic N) is 2. The molecular formula is C21H26FN3O2. The molecule has 5 nitrogen and oxygen atoms in total. The van der Waals surface area contributed by atoms with Gasteiger partial charge in [0, 0.05) is 43.8 Å². The Morgan fingerprint density at radius 2 is 1.74 bits per heavy atom. The van der Waals surface area contributed by atoms with Crippen LogP contribution in [0.3, 0.4) is 0 Å². The molecule has 1 aliphatic heterocycles. The average Bonchev–Trinajstić information content (AvgIpc) is 2.65. The summed E-state index contributed by atoms with van der Waals surface area (Å²) in [6.45, 7) is 7.83. The Kier molecular flexibility index (Phi) is 6.21. The normalized spacial score (nSPS) is 21.2. The van der Waals surface area contributed by atoms with Gasteiger partial charge in [-0.25, -0.2) is 9.87 Å². The first-order valence-corrected chi connectivity index (χ1v) is 9.22.